The van der Waals surface area contributed by atoms with E-state index in [1.807, 2.05) is 0 Å². The molecule has 0 bridgehead atoms. The Hall–Kier alpha value is -1.59. The number of rotatable bonds is 18. The summed E-state index contributed by atoms with van der Waals surface area (Å²) in [6.45, 7) is 2.89. The second-order valence-corrected chi connectivity index (χ2v) is 4.62. The number of carboxylic acids is 1. The zero-order valence-electron chi connectivity index (χ0n) is 14.1. The zero-order chi connectivity index (χ0) is 18.8. The van der Waals surface area contributed by atoms with Gasteiger partial charge in [0.25, 0.3) is 0 Å². The van der Waals surface area contributed by atoms with Crippen LogP contribution in [0.2, 0.25) is 0 Å². The number of esters is 1. The number of Topliss-reactive ketones (excluding diaryl/α,β-unsaturated/α-hetero) is 1. The van der Waals surface area contributed by atoms with Gasteiger partial charge in [-0.3, -0.25) is 9.59 Å². The summed E-state index contributed by atoms with van der Waals surface area (Å²) in [6, 6.07) is 0. The fourth-order valence-corrected chi connectivity index (χ4v) is 1.44. The Balaban J connectivity index is 3.22. The summed E-state index contributed by atoms with van der Waals surface area (Å²) in [4.78, 5) is 32.2. The van der Waals surface area contributed by atoms with Crippen LogP contribution in [0.3, 0.4) is 0 Å². The van der Waals surface area contributed by atoms with Gasteiger partial charge in [-0.1, -0.05) is 0 Å². The second-order valence-electron chi connectivity index (χ2n) is 4.62. The minimum Gasteiger partial charge on any atom is -0.476 e. The van der Waals surface area contributed by atoms with Gasteiger partial charge >= 0.3 is 11.9 Å². The highest BCUT2D eigenvalue weighted by atomic mass is 16.6. The van der Waals surface area contributed by atoms with Crippen LogP contribution in [0.15, 0.2) is 0 Å². The molecule has 0 unspecified atom stereocenters. The maximum absolute atomic E-state index is 11.2. The normalized spacial score (nSPS) is 10.6. The molecule has 0 aromatic carbocycles. The Bertz CT molecular complexity index is 371. The van der Waals surface area contributed by atoms with Gasteiger partial charge in [-0.25, -0.2) is 4.79 Å². The summed E-state index contributed by atoms with van der Waals surface area (Å²) < 4.78 is 25.4. The third-order valence-corrected chi connectivity index (χ3v) is 2.64. The smallest absolute Gasteiger partial charge is 0.372 e. The van der Waals surface area contributed by atoms with Gasteiger partial charge in [0.15, 0.2) is 0 Å². The van der Waals surface area contributed by atoms with E-state index < -0.39 is 17.7 Å². The molecule has 25 heavy (non-hydrogen) atoms. The average molecular weight is 366 g/mol. The molecule has 0 heterocycles. The first-order valence-electron chi connectivity index (χ1n) is 7.91. The average Bonchev–Trinajstić information content (AvgIpc) is 2.59. The van der Waals surface area contributed by atoms with Crippen LogP contribution < -0.4 is 0 Å². The first-order chi connectivity index (χ1) is 12.1. The molecule has 146 valence electrons. The molecule has 0 aromatic heterocycles. The highest BCUT2D eigenvalue weighted by molar-refractivity contribution is 6.32. The lowest BCUT2D eigenvalue weighted by Gasteiger charge is -2.07. The Morgan fingerprint density at radius 2 is 1.08 bits per heavy atom. The molecule has 0 atom stereocenters. The number of carbonyl (C=O) groups excluding carboxylic acids is 2. The summed E-state index contributed by atoms with van der Waals surface area (Å²) in [7, 11) is 0. The van der Waals surface area contributed by atoms with E-state index in [1.54, 1.807) is 0 Å². The van der Waals surface area contributed by atoms with Gasteiger partial charge in [-0.2, -0.15) is 0 Å². The summed E-state index contributed by atoms with van der Waals surface area (Å²) in [5, 5.41) is 16.8. The summed E-state index contributed by atoms with van der Waals surface area (Å²) >= 11 is 0. The Morgan fingerprint density at radius 1 is 0.640 bits per heavy atom. The van der Waals surface area contributed by atoms with Gasteiger partial charge in [-0.05, 0) is 0 Å². The Morgan fingerprint density at radius 3 is 1.52 bits per heavy atom. The predicted molar refractivity (Wildman–Crippen MR) is 83.2 cm³/mol. The van der Waals surface area contributed by atoms with Crippen LogP contribution >= 0.6 is 0 Å². The first-order valence-corrected chi connectivity index (χ1v) is 7.91. The number of aliphatic hydroxyl groups is 1. The van der Waals surface area contributed by atoms with Crippen molar-refractivity contribution in [2.45, 2.75) is 12.8 Å². The van der Waals surface area contributed by atoms with E-state index in [0.29, 0.717) is 46.2 Å². The molecule has 0 saturated carbocycles. The minimum atomic E-state index is -1.56. The SMILES string of the molecule is O=C(CCC(=O)C(=O)O)OCCOCCOCCOCCOCCO. The quantitative estimate of drug-likeness (QED) is 0.177. The van der Waals surface area contributed by atoms with Crippen molar-refractivity contribution < 1.29 is 48.3 Å². The van der Waals surface area contributed by atoms with Crippen LogP contribution in [-0.4, -0.2) is 94.0 Å². The molecule has 0 radical (unpaired) electrons. The molecule has 0 aromatic rings. The van der Waals surface area contributed by atoms with Gasteiger partial charge in [0.05, 0.1) is 65.9 Å². The summed E-state index contributed by atoms with van der Waals surface area (Å²) in [5.41, 5.74) is 0. The van der Waals surface area contributed by atoms with Crippen molar-refractivity contribution in [2.75, 3.05) is 66.1 Å². The molecule has 0 aliphatic carbocycles. The molecule has 0 spiro atoms. The topological polar surface area (TPSA) is 138 Å². The monoisotopic (exact) mass is 366 g/mol. The number of aliphatic hydroxyl groups excluding tert-OH is 1. The van der Waals surface area contributed by atoms with Crippen molar-refractivity contribution in [3.8, 4) is 0 Å². The molecular formula is C15H26O10. The second kappa shape index (κ2) is 17.2. The lowest BCUT2D eigenvalue weighted by Crippen LogP contribution is -2.17. The molecule has 0 rings (SSSR count). The van der Waals surface area contributed by atoms with Crippen molar-refractivity contribution >= 4 is 17.7 Å². The van der Waals surface area contributed by atoms with Gasteiger partial charge in [-0.15, -0.1) is 0 Å². The first kappa shape index (κ1) is 23.4. The summed E-state index contributed by atoms with van der Waals surface area (Å²) in [6.07, 6.45) is -0.641. The number of ketones is 1. The van der Waals surface area contributed by atoms with E-state index in [9.17, 15) is 14.4 Å². The molecule has 0 aliphatic heterocycles. The van der Waals surface area contributed by atoms with Gasteiger partial charge in [0, 0.05) is 6.42 Å². The van der Waals surface area contributed by atoms with Crippen LogP contribution in [0.25, 0.3) is 0 Å². The minimum absolute atomic E-state index is 0.00723. The maximum Gasteiger partial charge on any atom is 0.372 e. The van der Waals surface area contributed by atoms with Crippen molar-refractivity contribution in [2.24, 2.45) is 0 Å². The molecule has 0 aliphatic rings. The molecule has 0 amide bonds. The molecular weight excluding hydrogens is 340 g/mol. The highest BCUT2D eigenvalue weighted by Crippen LogP contribution is 1.95. The van der Waals surface area contributed by atoms with E-state index in [0.717, 1.165) is 0 Å². The summed E-state index contributed by atoms with van der Waals surface area (Å²) in [5.74, 6) is -3.22. The number of carbonyl (C=O) groups is 3. The van der Waals surface area contributed by atoms with E-state index in [-0.39, 0.29) is 32.7 Å². The van der Waals surface area contributed by atoms with E-state index in [1.165, 1.54) is 0 Å². The Labute approximate surface area is 145 Å². The van der Waals surface area contributed by atoms with Crippen LogP contribution in [0.4, 0.5) is 0 Å². The van der Waals surface area contributed by atoms with Gasteiger partial charge in [0.1, 0.15) is 6.61 Å². The number of hydrogen-bond acceptors (Lipinski definition) is 9. The van der Waals surface area contributed by atoms with Crippen LogP contribution in [0, 0.1) is 0 Å². The third-order valence-electron chi connectivity index (χ3n) is 2.64. The highest BCUT2D eigenvalue weighted by Gasteiger charge is 2.13. The third kappa shape index (κ3) is 17.0. The molecule has 0 saturated heterocycles. The lowest BCUT2D eigenvalue weighted by atomic mass is 10.2. The number of aliphatic carboxylic acids is 1. The van der Waals surface area contributed by atoms with Gasteiger partial charge < -0.3 is 33.9 Å². The fourth-order valence-electron chi connectivity index (χ4n) is 1.44. The van der Waals surface area contributed by atoms with Crippen molar-refractivity contribution in [3.63, 3.8) is 0 Å². The van der Waals surface area contributed by atoms with Crippen LogP contribution in [0.5, 0.6) is 0 Å². The largest absolute Gasteiger partial charge is 0.476 e. The van der Waals surface area contributed by atoms with Crippen LogP contribution in [-0.2, 0) is 38.1 Å². The van der Waals surface area contributed by atoms with Crippen molar-refractivity contribution in [1.29, 1.82) is 0 Å². The van der Waals surface area contributed by atoms with Crippen molar-refractivity contribution in [1.82, 2.24) is 0 Å². The fraction of sp³-hybridized carbons (Fsp3) is 0.800. The molecule has 10 heteroatoms. The number of ether oxygens (including phenoxy) is 5. The standard InChI is InChI=1S/C15H26O10/c16-3-4-21-5-6-22-7-8-23-9-10-24-11-12-25-14(18)2-1-13(17)15(19)20/h16H,1-12H2,(H,19,20). The van der Waals surface area contributed by atoms with E-state index in [2.05, 4.69) is 0 Å². The zero-order valence-corrected chi connectivity index (χ0v) is 14.1. The molecule has 2 N–H and O–H groups in total. The van der Waals surface area contributed by atoms with Crippen molar-refractivity contribution in [3.05, 3.63) is 0 Å². The predicted octanol–water partition coefficient (Wildman–Crippen LogP) is -0.978. The lowest BCUT2D eigenvalue weighted by molar-refractivity contribution is -0.151. The molecule has 0 fully saturated rings. The maximum atomic E-state index is 11.2. The number of carboxylic acid groups (broad SMARTS) is 1. The van der Waals surface area contributed by atoms with Gasteiger partial charge in [0.2, 0.25) is 5.78 Å². The van der Waals surface area contributed by atoms with Crippen LogP contribution in [0.1, 0.15) is 12.8 Å². The molecule has 10 nitrogen and oxygen atoms in total. The van der Waals surface area contributed by atoms with E-state index in [4.69, 9.17) is 33.9 Å². The van der Waals surface area contributed by atoms with E-state index >= 15 is 0 Å². The number of hydrogen-bond donors (Lipinski definition) is 2. The Kier molecular flexibility index (Phi) is 16.1.